The Bertz CT molecular complexity index is 995. The number of aromatic amines is 1. The minimum absolute atomic E-state index is 0.101. The third-order valence-corrected chi connectivity index (χ3v) is 4.76. The van der Waals surface area contributed by atoms with Crippen molar-refractivity contribution in [2.24, 2.45) is 0 Å². The number of carbonyl (C=O) groups excluding carboxylic acids is 1. The van der Waals surface area contributed by atoms with E-state index >= 15 is 0 Å². The summed E-state index contributed by atoms with van der Waals surface area (Å²) in [6.45, 7) is 0. The van der Waals surface area contributed by atoms with Crippen LogP contribution in [0, 0.1) is 11.6 Å². The van der Waals surface area contributed by atoms with Crippen LogP contribution in [0.1, 0.15) is 41.6 Å². The lowest BCUT2D eigenvalue weighted by Gasteiger charge is -2.14. The van der Waals surface area contributed by atoms with E-state index in [1.54, 1.807) is 0 Å². The fraction of sp³-hybridized carbons (Fsp3) is 0.278. The van der Waals surface area contributed by atoms with Gasteiger partial charge in [-0.3, -0.25) is 4.79 Å². The van der Waals surface area contributed by atoms with Crippen LogP contribution in [0.5, 0.6) is 0 Å². The van der Waals surface area contributed by atoms with Gasteiger partial charge in [-0.05, 0) is 25.0 Å². The van der Waals surface area contributed by atoms with Gasteiger partial charge in [0.2, 0.25) is 5.78 Å². The van der Waals surface area contributed by atoms with Gasteiger partial charge in [-0.1, -0.05) is 12.8 Å². The molecule has 1 fully saturated rings. The number of carbonyl (C=O) groups is 1. The Morgan fingerprint density at radius 3 is 2.77 bits per heavy atom. The zero-order valence-electron chi connectivity index (χ0n) is 13.9. The van der Waals surface area contributed by atoms with Gasteiger partial charge in [-0.15, -0.1) is 0 Å². The van der Waals surface area contributed by atoms with E-state index in [9.17, 15) is 13.6 Å². The molecule has 4 N–H and O–H groups in total. The molecule has 0 bridgehead atoms. The summed E-state index contributed by atoms with van der Waals surface area (Å²) in [4.78, 5) is 24.1. The third kappa shape index (κ3) is 2.67. The Hall–Kier alpha value is -3.03. The summed E-state index contributed by atoms with van der Waals surface area (Å²) in [6, 6.07) is 2.33. The number of hydrogen-bond donors (Lipinski definition) is 3. The molecule has 134 valence electrons. The average molecular weight is 357 g/mol. The number of H-pyrrole nitrogens is 1. The second-order valence-electron chi connectivity index (χ2n) is 6.43. The van der Waals surface area contributed by atoms with Crippen molar-refractivity contribution in [1.29, 1.82) is 0 Å². The van der Waals surface area contributed by atoms with E-state index in [0.29, 0.717) is 16.9 Å². The second-order valence-corrected chi connectivity index (χ2v) is 6.43. The summed E-state index contributed by atoms with van der Waals surface area (Å²) in [5.41, 5.74) is 5.06. The monoisotopic (exact) mass is 357 g/mol. The molecular weight excluding hydrogens is 340 g/mol. The molecule has 0 amide bonds. The Morgan fingerprint density at radius 2 is 2.00 bits per heavy atom. The van der Waals surface area contributed by atoms with Crippen LogP contribution in [0.25, 0.3) is 11.0 Å². The lowest BCUT2D eigenvalue weighted by Crippen LogP contribution is -2.16. The van der Waals surface area contributed by atoms with Gasteiger partial charge in [-0.2, -0.15) is 0 Å². The van der Waals surface area contributed by atoms with Crippen molar-refractivity contribution in [3.63, 3.8) is 0 Å². The molecule has 1 aliphatic carbocycles. The van der Waals surface area contributed by atoms with Crippen molar-refractivity contribution in [2.75, 3.05) is 11.1 Å². The number of rotatable bonds is 4. The van der Waals surface area contributed by atoms with Crippen molar-refractivity contribution in [3.8, 4) is 0 Å². The normalized spacial score (nSPS) is 14.8. The fourth-order valence-electron chi connectivity index (χ4n) is 3.43. The maximum atomic E-state index is 14.3. The highest BCUT2D eigenvalue weighted by atomic mass is 19.1. The molecule has 0 atom stereocenters. The van der Waals surface area contributed by atoms with Gasteiger partial charge in [0.05, 0.1) is 22.2 Å². The van der Waals surface area contributed by atoms with E-state index in [2.05, 4.69) is 20.3 Å². The number of nitrogen functional groups attached to an aromatic ring is 1. The standard InChI is InChI=1S/C18H17F2N5O/c19-11-5-6-12(21)15(20)14(11)16(26)10-7-22-17-13(10)18(24-8-23-17)25-9-3-1-2-4-9/h5-9H,1-4,21H2,(H2,22,23,24,25). The smallest absolute Gasteiger partial charge is 0.201 e. The highest BCUT2D eigenvalue weighted by molar-refractivity contribution is 6.18. The molecule has 1 aliphatic rings. The van der Waals surface area contributed by atoms with E-state index in [1.165, 1.54) is 12.5 Å². The van der Waals surface area contributed by atoms with E-state index in [0.717, 1.165) is 37.8 Å². The van der Waals surface area contributed by atoms with Crippen LogP contribution in [-0.4, -0.2) is 26.8 Å². The number of nitrogens with zero attached hydrogens (tertiary/aromatic N) is 2. The molecule has 3 aromatic rings. The summed E-state index contributed by atoms with van der Waals surface area (Å²) in [6.07, 6.45) is 7.06. The highest BCUT2D eigenvalue weighted by Crippen LogP contribution is 2.30. The van der Waals surface area contributed by atoms with Crippen molar-refractivity contribution in [3.05, 3.63) is 47.4 Å². The molecule has 0 radical (unpaired) electrons. The first-order valence-corrected chi connectivity index (χ1v) is 8.43. The highest BCUT2D eigenvalue weighted by Gasteiger charge is 2.26. The Balaban J connectivity index is 1.82. The first-order chi connectivity index (χ1) is 12.6. The van der Waals surface area contributed by atoms with Crippen LogP contribution < -0.4 is 11.1 Å². The number of ketones is 1. The van der Waals surface area contributed by atoms with Crippen LogP contribution in [0.4, 0.5) is 20.3 Å². The SMILES string of the molecule is Nc1ccc(F)c(C(=O)c2c[nH]c3ncnc(NC4CCCC4)c23)c1F. The van der Waals surface area contributed by atoms with Crippen molar-refractivity contribution in [1.82, 2.24) is 15.0 Å². The van der Waals surface area contributed by atoms with Crippen molar-refractivity contribution in [2.45, 2.75) is 31.7 Å². The lowest BCUT2D eigenvalue weighted by atomic mass is 10.0. The molecule has 0 saturated heterocycles. The molecule has 8 heteroatoms. The topological polar surface area (TPSA) is 96.7 Å². The lowest BCUT2D eigenvalue weighted by molar-refractivity contribution is 0.103. The maximum absolute atomic E-state index is 14.3. The van der Waals surface area contributed by atoms with Crippen molar-refractivity contribution < 1.29 is 13.6 Å². The van der Waals surface area contributed by atoms with Crippen LogP contribution >= 0.6 is 0 Å². The summed E-state index contributed by atoms with van der Waals surface area (Å²) < 4.78 is 28.4. The van der Waals surface area contributed by atoms with Crippen LogP contribution in [0.15, 0.2) is 24.7 Å². The molecule has 2 heterocycles. The minimum Gasteiger partial charge on any atom is -0.396 e. The molecule has 0 spiro atoms. The minimum atomic E-state index is -1.06. The molecule has 1 aromatic carbocycles. The Labute approximate surface area is 147 Å². The van der Waals surface area contributed by atoms with Crippen LogP contribution in [-0.2, 0) is 0 Å². The average Bonchev–Trinajstić information content (AvgIpc) is 3.28. The van der Waals surface area contributed by atoms with Crippen molar-refractivity contribution >= 4 is 28.3 Å². The Morgan fingerprint density at radius 1 is 1.23 bits per heavy atom. The van der Waals surface area contributed by atoms with E-state index in [4.69, 9.17) is 5.73 Å². The summed E-state index contributed by atoms with van der Waals surface area (Å²) in [5.74, 6) is -2.34. The number of fused-ring (bicyclic) bond motifs is 1. The number of nitrogens with one attached hydrogen (secondary N) is 2. The van der Waals surface area contributed by atoms with Gasteiger partial charge in [0, 0.05) is 12.2 Å². The van der Waals surface area contributed by atoms with Gasteiger partial charge in [0.1, 0.15) is 23.6 Å². The molecule has 2 aromatic heterocycles. The summed E-state index contributed by atoms with van der Waals surface area (Å²) in [7, 11) is 0. The summed E-state index contributed by atoms with van der Waals surface area (Å²) in [5, 5.41) is 3.74. The number of hydrogen-bond acceptors (Lipinski definition) is 5. The number of anilines is 2. The quantitative estimate of drug-likeness (QED) is 0.491. The van der Waals surface area contributed by atoms with Gasteiger partial charge < -0.3 is 16.0 Å². The predicted molar refractivity (Wildman–Crippen MR) is 94.0 cm³/mol. The van der Waals surface area contributed by atoms with Crippen LogP contribution in [0.2, 0.25) is 0 Å². The molecule has 6 nitrogen and oxygen atoms in total. The second kappa shape index (κ2) is 6.36. The van der Waals surface area contributed by atoms with Crippen LogP contribution in [0.3, 0.4) is 0 Å². The first-order valence-electron chi connectivity index (χ1n) is 8.43. The summed E-state index contributed by atoms with van der Waals surface area (Å²) >= 11 is 0. The van der Waals surface area contributed by atoms with Gasteiger partial charge >= 0.3 is 0 Å². The molecule has 1 saturated carbocycles. The molecule has 0 aliphatic heterocycles. The molecule has 0 unspecified atom stereocenters. The largest absolute Gasteiger partial charge is 0.396 e. The zero-order valence-corrected chi connectivity index (χ0v) is 13.9. The molecule has 26 heavy (non-hydrogen) atoms. The predicted octanol–water partition coefficient (Wildman–Crippen LogP) is 3.40. The van der Waals surface area contributed by atoms with Gasteiger partial charge in [0.15, 0.2) is 5.82 Å². The van der Waals surface area contributed by atoms with E-state index < -0.39 is 23.0 Å². The molecular formula is C18H17F2N5O. The number of halogens is 2. The fourth-order valence-corrected chi connectivity index (χ4v) is 3.43. The third-order valence-electron chi connectivity index (χ3n) is 4.76. The number of benzene rings is 1. The zero-order chi connectivity index (χ0) is 18.3. The van der Waals surface area contributed by atoms with E-state index in [-0.39, 0.29) is 17.3 Å². The van der Waals surface area contributed by atoms with Gasteiger partial charge in [0.25, 0.3) is 0 Å². The van der Waals surface area contributed by atoms with E-state index in [1.807, 2.05) is 0 Å². The maximum Gasteiger partial charge on any atom is 0.201 e. The molecule has 4 rings (SSSR count). The number of nitrogens with two attached hydrogens (primary N) is 1. The van der Waals surface area contributed by atoms with Gasteiger partial charge in [-0.25, -0.2) is 18.7 Å². The first kappa shape index (κ1) is 16.4. The number of aromatic nitrogens is 3. The Kier molecular flexibility index (Phi) is 4.02.